The van der Waals surface area contributed by atoms with Gasteiger partial charge in [0.25, 0.3) is 0 Å². The second-order valence-electron chi connectivity index (χ2n) is 3.20. The summed E-state index contributed by atoms with van der Waals surface area (Å²) in [4.78, 5) is 11.4. The van der Waals surface area contributed by atoms with Crippen LogP contribution in [0.2, 0.25) is 0 Å². The molecule has 3 nitrogen and oxygen atoms in total. The van der Waals surface area contributed by atoms with Gasteiger partial charge in [-0.25, -0.2) is 0 Å². The highest BCUT2D eigenvalue weighted by Gasteiger charge is 2.20. The SMILES string of the molecule is C=CC=C(CO)C1=CC(O)CCC1=O. The molecule has 1 aliphatic rings. The first-order valence-corrected chi connectivity index (χ1v) is 4.55. The molecule has 0 aliphatic heterocycles. The monoisotopic (exact) mass is 194 g/mol. The van der Waals surface area contributed by atoms with E-state index in [-0.39, 0.29) is 12.4 Å². The van der Waals surface area contributed by atoms with Crippen molar-refractivity contribution in [2.45, 2.75) is 18.9 Å². The third-order valence-electron chi connectivity index (χ3n) is 2.16. The number of ketones is 1. The Morgan fingerprint density at radius 2 is 2.43 bits per heavy atom. The van der Waals surface area contributed by atoms with Crippen molar-refractivity contribution in [2.24, 2.45) is 0 Å². The largest absolute Gasteiger partial charge is 0.392 e. The molecule has 0 heterocycles. The first-order chi connectivity index (χ1) is 6.69. The van der Waals surface area contributed by atoms with Gasteiger partial charge in [0, 0.05) is 12.0 Å². The van der Waals surface area contributed by atoms with Gasteiger partial charge in [-0.2, -0.15) is 0 Å². The van der Waals surface area contributed by atoms with Crippen molar-refractivity contribution in [3.8, 4) is 0 Å². The van der Waals surface area contributed by atoms with Crippen LogP contribution in [-0.2, 0) is 4.79 Å². The van der Waals surface area contributed by atoms with E-state index in [2.05, 4.69) is 6.58 Å². The van der Waals surface area contributed by atoms with Crippen LogP contribution in [0.15, 0.2) is 36.0 Å². The van der Waals surface area contributed by atoms with E-state index in [4.69, 9.17) is 5.11 Å². The molecule has 1 aliphatic carbocycles. The molecule has 0 radical (unpaired) electrons. The van der Waals surface area contributed by atoms with E-state index in [0.29, 0.717) is 24.0 Å². The number of hydrogen-bond acceptors (Lipinski definition) is 3. The molecule has 0 aromatic carbocycles. The smallest absolute Gasteiger partial charge is 0.163 e. The molecule has 1 rings (SSSR count). The van der Waals surface area contributed by atoms with Crippen LogP contribution in [0.25, 0.3) is 0 Å². The van der Waals surface area contributed by atoms with Crippen molar-refractivity contribution in [1.29, 1.82) is 0 Å². The van der Waals surface area contributed by atoms with Crippen molar-refractivity contribution in [3.05, 3.63) is 36.0 Å². The molecule has 14 heavy (non-hydrogen) atoms. The predicted molar refractivity (Wildman–Crippen MR) is 53.7 cm³/mol. The zero-order chi connectivity index (χ0) is 10.6. The molecule has 0 spiro atoms. The van der Waals surface area contributed by atoms with E-state index >= 15 is 0 Å². The van der Waals surface area contributed by atoms with E-state index in [1.54, 1.807) is 6.08 Å². The standard InChI is InChI=1S/C11H14O3/c1-2-3-8(7-12)10-6-9(13)4-5-11(10)14/h2-3,6,9,12-13H,1,4-5,7H2. The number of carbonyl (C=O) groups excluding carboxylic acids is 1. The van der Waals surface area contributed by atoms with Crippen LogP contribution in [0.4, 0.5) is 0 Å². The summed E-state index contributed by atoms with van der Waals surface area (Å²) in [5.41, 5.74) is 0.940. The second kappa shape index (κ2) is 4.88. The van der Waals surface area contributed by atoms with Gasteiger partial charge in [0.1, 0.15) is 0 Å². The molecule has 0 fully saturated rings. The van der Waals surface area contributed by atoms with Crippen LogP contribution in [0, 0.1) is 0 Å². The third-order valence-corrected chi connectivity index (χ3v) is 2.16. The van der Waals surface area contributed by atoms with E-state index < -0.39 is 6.10 Å². The molecular formula is C11H14O3. The van der Waals surface area contributed by atoms with Crippen LogP contribution in [0.5, 0.6) is 0 Å². The van der Waals surface area contributed by atoms with Gasteiger partial charge in [-0.3, -0.25) is 4.79 Å². The van der Waals surface area contributed by atoms with Crippen LogP contribution in [-0.4, -0.2) is 28.7 Å². The zero-order valence-electron chi connectivity index (χ0n) is 7.94. The highest BCUT2D eigenvalue weighted by Crippen LogP contribution is 2.21. The molecular weight excluding hydrogens is 180 g/mol. The first kappa shape index (κ1) is 10.9. The Morgan fingerprint density at radius 3 is 3.00 bits per heavy atom. The minimum atomic E-state index is -0.581. The highest BCUT2D eigenvalue weighted by molar-refractivity contribution is 6.00. The summed E-state index contributed by atoms with van der Waals surface area (Å²) < 4.78 is 0. The van der Waals surface area contributed by atoms with Crippen molar-refractivity contribution < 1.29 is 15.0 Å². The number of hydrogen-bond donors (Lipinski definition) is 2. The molecule has 0 aromatic rings. The topological polar surface area (TPSA) is 57.5 Å². The second-order valence-corrected chi connectivity index (χ2v) is 3.20. The van der Waals surface area contributed by atoms with Crippen LogP contribution >= 0.6 is 0 Å². The molecule has 0 bridgehead atoms. The van der Waals surface area contributed by atoms with Gasteiger partial charge in [-0.1, -0.05) is 18.7 Å². The Kier molecular flexibility index (Phi) is 3.80. The highest BCUT2D eigenvalue weighted by atomic mass is 16.3. The number of rotatable bonds is 3. The van der Waals surface area contributed by atoms with E-state index in [1.165, 1.54) is 12.2 Å². The van der Waals surface area contributed by atoms with Gasteiger partial charge in [0.2, 0.25) is 0 Å². The summed E-state index contributed by atoms with van der Waals surface area (Å²) >= 11 is 0. The summed E-state index contributed by atoms with van der Waals surface area (Å²) in [6.45, 7) is 3.29. The molecule has 76 valence electrons. The Labute approximate surface area is 83.1 Å². The van der Waals surface area contributed by atoms with Crippen LogP contribution < -0.4 is 0 Å². The van der Waals surface area contributed by atoms with Crippen LogP contribution in [0.1, 0.15) is 12.8 Å². The summed E-state index contributed by atoms with van der Waals surface area (Å²) in [6.07, 6.45) is 4.82. The fraction of sp³-hybridized carbons (Fsp3) is 0.364. The van der Waals surface area contributed by atoms with Gasteiger partial charge in [-0.05, 0) is 18.1 Å². The average Bonchev–Trinajstić information content (AvgIpc) is 2.18. The van der Waals surface area contributed by atoms with Crippen molar-refractivity contribution in [1.82, 2.24) is 0 Å². The third kappa shape index (κ3) is 2.40. The maximum atomic E-state index is 11.4. The van der Waals surface area contributed by atoms with E-state index in [1.807, 2.05) is 0 Å². The minimum Gasteiger partial charge on any atom is -0.392 e. The van der Waals surface area contributed by atoms with Crippen LogP contribution in [0.3, 0.4) is 0 Å². The summed E-state index contributed by atoms with van der Waals surface area (Å²) in [5.74, 6) is -0.0301. The van der Waals surface area contributed by atoms with E-state index in [9.17, 15) is 9.90 Å². The molecule has 1 atom stereocenters. The minimum absolute atomic E-state index is 0.0301. The molecule has 0 amide bonds. The summed E-state index contributed by atoms with van der Waals surface area (Å²) in [7, 11) is 0. The van der Waals surface area contributed by atoms with Gasteiger partial charge in [0.15, 0.2) is 5.78 Å². The zero-order valence-corrected chi connectivity index (χ0v) is 7.94. The lowest BCUT2D eigenvalue weighted by atomic mass is 9.91. The van der Waals surface area contributed by atoms with Gasteiger partial charge in [-0.15, -0.1) is 0 Å². The van der Waals surface area contributed by atoms with E-state index in [0.717, 1.165) is 0 Å². The number of carbonyl (C=O) groups is 1. The molecule has 3 heteroatoms. The molecule has 0 aromatic heterocycles. The lowest BCUT2D eigenvalue weighted by molar-refractivity contribution is -0.116. The number of Topliss-reactive ketones (excluding diaryl/α,β-unsaturated/α-hetero) is 1. The average molecular weight is 194 g/mol. The number of allylic oxidation sites excluding steroid dienone is 2. The Bertz CT molecular complexity index is 300. The van der Waals surface area contributed by atoms with Gasteiger partial charge < -0.3 is 10.2 Å². The Morgan fingerprint density at radius 1 is 1.71 bits per heavy atom. The quantitative estimate of drug-likeness (QED) is 0.651. The Hall–Kier alpha value is -1.19. The fourth-order valence-electron chi connectivity index (χ4n) is 1.44. The lowest BCUT2D eigenvalue weighted by Gasteiger charge is -2.17. The van der Waals surface area contributed by atoms with Crippen molar-refractivity contribution >= 4 is 5.78 Å². The first-order valence-electron chi connectivity index (χ1n) is 4.55. The van der Waals surface area contributed by atoms with Crippen molar-refractivity contribution in [2.75, 3.05) is 6.61 Å². The molecule has 1 unspecified atom stereocenters. The summed E-state index contributed by atoms with van der Waals surface area (Å²) in [6, 6.07) is 0. The Balaban J connectivity index is 2.98. The maximum Gasteiger partial charge on any atom is 0.163 e. The molecule has 0 saturated heterocycles. The summed E-state index contributed by atoms with van der Waals surface area (Å²) in [5, 5.41) is 18.4. The fourth-order valence-corrected chi connectivity index (χ4v) is 1.44. The lowest BCUT2D eigenvalue weighted by Crippen LogP contribution is -2.19. The number of aliphatic hydroxyl groups is 2. The number of aliphatic hydroxyl groups excluding tert-OH is 2. The normalized spacial score (nSPS) is 23.3. The van der Waals surface area contributed by atoms with Gasteiger partial charge in [0.05, 0.1) is 12.7 Å². The molecule has 2 N–H and O–H groups in total. The van der Waals surface area contributed by atoms with Crippen molar-refractivity contribution in [3.63, 3.8) is 0 Å². The molecule has 0 saturated carbocycles. The maximum absolute atomic E-state index is 11.4. The van der Waals surface area contributed by atoms with Gasteiger partial charge >= 0.3 is 0 Å². The predicted octanol–water partition coefficient (Wildman–Crippen LogP) is 0.741.